The number of hydrogen-bond acceptors (Lipinski definition) is 2. The largest absolute Gasteiger partial charge is 0.488 e. The van der Waals surface area contributed by atoms with Gasteiger partial charge >= 0.3 is 0 Å². The quantitative estimate of drug-likeness (QED) is 0.860. The van der Waals surface area contributed by atoms with Crippen molar-refractivity contribution in [2.75, 3.05) is 0 Å². The Morgan fingerprint density at radius 1 is 1.26 bits per heavy atom. The molecule has 0 saturated carbocycles. The van der Waals surface area contributed by atoms with Crippen molar-refractivity contribution in [2.45, 2.75) is 6.61 Å². The van der Waals surface area contributed by atoms with Crippen molar-refractivity contribution in [3.8, 4) is 5.75 Å². The van der Waals surface area contributed by atoms with Crippen molar-refractivity contribution >= 4 is 33.1 Å². The Kier molecular flexibility index (Phi) is 4.50. The molecule has 2 N–H and O–H groups in total. The molecule has 2 nitrogen and oxygen atoms in total. The smallest absolute Gasteiger partial charge is 0.130 e. The molecule has 0 aromatic heterocycles. The maximum Gasteiger partial charge on any atom is 0.130 e. The summed E-state index contributed by atoms with van der Waals surface area (Å²) < 4.78 is 19.6. The van der Waals surface area contributed by atoms with Crippen LogP contribution in [-0.4, -0.2) is 4.99 Å². The molecule has 0 atom stereocenters. The molecule has 0 radical (unpaired) electrons. The third-order valence-electron chi connectivity index (χ3n) is 2.49. The molecule has 0 saturated heterocycles. The number of halogens is 2. The zero-order valence-corrected chi connectivity index (χ0v) is 12.3. The topological polar surface area (TPSA) is 35.2 Å². The molecule has 19 heavy (non-hydrogen) atoms. The first kappa shape index (κ1) is 14.0. The minimum Gasteiger partial charge on any atom is -0.488 e. The van der Waals surface area contributed by atoms with Gasteiger partial charge in [-0.15, -0.1) is 0 Å². The third-order valence-corrected chi connectivity index (χ3v) is 3.20. The Morgan fingerprint density at radius 3 is 2.74 bits per heavy atom. The molecule has 0 fully saturated rings. The minimum atomic E-state index is -0.286. The second-order valence-electron chi connectivity index (χ2n) is 3.92. The lowest BCUT2D eigenvalue weighted by atomic mass is 10.2. The lowest BCUT2D eigenvalue weighted by molar-refractivity contribution is 0.305. The second-order valence-corrected chi connectivity index (χ2v) is 5.28. The van der Waals surface area contributed by atoms with E-state index in [-0.39, 0.29) is 17.4 Å². The van der Waals surface area contributed by atoms with Gasteiger partial charge in [-0.3, -0.25) is 0 Å². The van der Waals surface area contributed by atoms with Crippen molar-refractivity contribution in [1.82, 2.24) is 0 Å². The molecule has 0 amide bonds. The van der Waals surface area contributed by atoms with Crippen LogP contribution in [-0.2, 0) is 6.61 Å². The van der Waals surface area contributed by atoms with E-state index in [1.807, 2.05) is 6.07 Å². The molecule has 0 unspecified atom stereocenters. The van der Waals surface area contributed by atoms with E-state index >= 15 is 0 Å². The van der Waals surface area contributed by atoms with Crippen LogP contribution in [0.2, 0.25) is 0 Å². The summed E-state index contributed by atoms with van der Waals surface area (Å²) in [4.78, 5) is 0.260. The van der Waals surface area contributed by atoms with E-state index in [1.54, 1.807) is 24.3 Å². The highest BCUT2D eigenvalue weighted by Crippen LogP contribution is 2.24. The van der Waals surface area contributed by atoms with Crippen LogP contribution in [0.5, 0.6) is 5.75 Å². The number of nitrogens with two attached hydrogens (primary N) is 1. The molecule has 5 heteroatoms. The number of benzene rings is 2. The fraction of sp³-hybridized carbons (Fsp3) is 0.0714. The molecule has 0 spiro atoms. The van der Waals surface area contributed by atoms with Crippen LogP contribution in [0.4, 0.5) is 4.39 Å². The highest BCUT2D eigenvalue weighted by atomic mass is 79.9. The average molecular weight is 340 g/mol. The summed E-state index contributed by atoms with van der Waals surface area (Å²) >= 11 is 8.33. The van der Waals surface area contributed by atoms with E-state index in [0.717, 1.165) is 10.0 Å². The van der Waals surface area contributed by atoms with Gasteiger partial charge in [0.15, 0.2) is 0 Å². The van der Waals surface area contributed by atoms with Gasteiger partial charge in [0, 0.05) is 4.47 Å². The first-order valence-corrected chi connectivity index (χ1v) is 6.73. The van der Waals surface area contributed by atoms with Gasteiger partial charge in [-0.2, -0.15) is 0 Å². The van der Waals surface area contributed by atoms with Crippen LogP contribution in [0.15, 0.2) is 46.9 Å². The van der Waals surface area contributed by atoms with Crippen LogP contribution in [0.25, 0.3) is 0 Å². The van der Waals surface area contributed by atoms with Crippen molar-refractivity contribution in [2.24, 2.45) is 5.73 Å². The Bertz CT molecular complexity index is 618. The maximum absolute atomic E-state index is 13.1. The Morgan fingerprint density at radius 2 is 2.05 bits per heavy atom. The van der Waals surface area contributed by atoms with E-state index in [0.29, 0.717) is 11.3 Å². The van der Waals surface area contributed by atoms with Crippen LogP contribution >= 0.6 is 28.1 Å². The van der Waals surface area contributed by atoms with Gasteiger partial charge in [0.05, 0.1) is 5.56 Å². The van der Waals surface area contributed by atoms with Crippen molar-refractivity contribution in [3.63, 3.8) is 0 Å². The fourth-order valence-electron chi connectivity index (χ4n) is 1.61. The van der Waals surface area contributed by atoms with Crippen molar-refractivity contribution in [1.29, 1.82) is 0 Å². The Labute approximate surface area is 124 Å². The molecule has 0 aliphatic heterocycles. The highest BCUT2D eigenvalue weighted by Gasteiger charge is 2.07. The van der Waals surface area contributed by atoms with Gasteiger partial charge in [0.2, 0.25) is 0 Å². The first-order chi connectivity index (χ1) is 9.06. The van der Waals surface area contributed by atoms with E-state index in [4.69, 9.17) is 22.7 Å². The summed E-state index contributed by atoms with van der Waals surface area (Å²) in [7, 11) is 0. The van der Waals surface area contributed by atoms with Crippen LogP contribution in [0, 0.1) is 5.82 Å². The van der Waals surface area contributed by atoms with E-state index in [9.17, 15) is 4.39 Å². The molecule has 0 aliphatic carbocycles. The first-order valence-electron chi connectivity index (χ1n) is 5.53. The number of rotatable bonds is 4. The summed E-state index contributed by atoms with van der Waals surface area (Å²) in [6.07, 6.45) is 0. The minimum absolute atomic E-state index is 0.259. The molecule has 98 valence electrons. The van der Waals surface area contributed by atoms with Gasteiger partial charge in [0.1, 0.15) is 23.2 Å². The lowest BCUT2D eigenvalue weighted by Crippen LogP contribution is -2.11. The van der Waals surface area contributed by atoms with Crippen LogP contribution in [0.3, 0.4) is 0 Å². The summed E-state index contributed by atoms with van der Waals surface area (Å²) in [5.41, 5.74) is 7.05. The normalized spacial score (nSPS) is 10.2. The number of thiocarbonyl (C=S) groups is 1. The average Bonchev–Trinajstić information content (AvgIpc) is 2.37. The molecule has 2 aromatic rings. The maximum atomic E-state index is 13.1. The SMILES string of the molecule is NC(=S)c1cc(Br)ccc1OCc1cccc(F)c1. The zero-order chi connectivity index (χ0) is 13.8. The molecular formula is C14H11BrFNOS. The third kappa shape index (κ3) is 3.75. The molecular weight excluding hydrogens is 329 g/mol. The highest BCUT2D eigenvalue weighted by molar-refractivity contribution is 9.10. The van der Waals surface area contributed by atoms with E-state index in [2.05, 4.69) is 15.9 Å². The number of ether oxygens (including phenoxy) is 1. The second kappa shape index (κ2) is 6.12. The van der Waals surface area contributed by atoms with Gasteiger partial charge in [-0.1, -0.05) is 40.3 Å². The summed E-state index contributed by atoms with van der Waals surface area (Å²) in [6, 6.07) is 11.7. The summed E-state index contributed by atoms with van der Waals surface area (Å²) in [5.74, 6) is 0.298. The fourth-order valence-corrected chi connectivity index (χ4v) is 2.13. The predicted octanol–water partition coefficient (Wildman–Crippen LogP) is 3.80. The molecule has 0 aliphatic rings. The van der Waals surface area contributed by atoms with Crippen LogP contribution in [0.1, 0.15) is 11.1 Å². The molecule has 2 rings (SSSR count). The Balaban J connectivity index is 2.17. The standard InChI is InChI=1S/C14H11BrFNOS/c15-10-4-5-13(12(7-10)14(17)19)18-8-9-2-1-3-11(16)6-9/h1-7H,8H2,(H2,17,19). The van der Waals surface area contributed by atoms with Gasteiger partial charge in [-0.05, 0) is 35.9 Å². The lowest BCUT2D eigenvalue weighted by Gasteiger charge is -2.11. The summed E-state index contributed by atoms with van der Waals surface area (Å²) in [6.45, 7) is 0.259. The van der Waals surface area contributed by atoms with Gasteiger partial charge < -0.3 is 10.5 Å². The van der Waals surface area contributed by atoms with Crippen molar-refractivity contribution < 1.29 is 9.13 Å². The zero-order valence-electron chi connectivity index (χ0n) is 9.90. The monoisotopic (exact) mass is 339 g/mol. The van der Waals surface area contributed by atoms with Gasteiger partial charge in [0.25, 0.3) is 0 Å². The molecule has 2 aromatic carbocycles. The van der Waals surface area contributed by atoms with E-state index < -0.39 is 0 Å². The van der Waals surface area contributed by atoms with Crippen LogP contribution < -0.4 is 10.5 Å². The van der Waals surface area contributed by atoms with E-state index in [1.165, 1.54) is 12.1 Å². The molecule has 0 bridgehead atoms. The summed E-state index contributed by atoms with van der Waals surface area (Å²) in [5, 5.41) is 0. The number of hydrogen-bond donors (Lipinski definition) is 1. The molecule has 0 heterocycles. The predicted molar refractivity (Wildman–Crippen MR) is 80.8 cm³/mol. The van der Waals surface area contributed by atoms with Crippen molar-refractivity contribution in [3.05, 3.63) is 63.9 Å². The van der Waals surface area contributed by atoms with Gasteiger partial charge in [-0.25, -0.2) is 4.39 Å². The Hall–Kier alpha value is -1.46.